The quantitative estimate of drug-likeness (QED) is 0.753. The molecule has 0 spiro atoms. The van der Waals surface area contributed by atoms with Gasteiger partial charge in [0.1, 0.15) is 5.75 Å². The summed E-state index contributed by atoms with van der Waals surface area (Å²) < 4.78 is 0. The van der Waals surface area contributed by atoms with Crippen molar-refractivity contribution in [1.29, 1.82) is 0 Å². The second-order valence-electron chi connectivity index (χ2n) is 6.36. The molecule has 128 valence electrons. The third-order valence-electron chi connectivity index (χ3n) is 4.47. The fourth-order valence-corrected chi connectivity index (χ4v) is 3.45. The van der Waals surface area contributed by atoms with Gasteiger partial charge in [-0.05, 0) is 30.2 Å². The number of phenolic OH excluding ortho intramolecular Hbond substituents is 1. The molecule has 0 bridgehead atoms. The first-order valence-electron chi connectivity index (χ1n) is 8.26. The van der Waals surface area contributed by atoms with Crippen LogP contribution in [0, 0.1) is 0 Å². The molecule has 1 aliphatic heterocycles. The first-order chi connectivity index (χ1) is 11.6. The standard InChI is InChI=1S/C19H23ClN2O2/c20-16-6-7-19(24)15(8-16)10-21-11-17-9-18(23)13-22(17)12-14-4-2-1-3-5-14/h1-8,17-18,21,23-24H,9-13H2. The maximum Gasteiger partial charge on any atom is 0.120 e. The molecule has 3 rings (SSSR count). The Labute approximate surface area is 147 Å². The molecule has 2 aromatic carbocycles. The molecular formula is C19H23ClN2O2. The summed E-state index contributed by atoms with van der Waals surface area (Å²) in [4.78, 5) is 2.31. The lowest BCUT2D eigenvalue weighted by atomic mass is 10.1. The minimum Gasteiger partial charge on any atom is -0.508 e. The molecule has 0 amide bonds. The Morgan fingerprint density at radius 2 is 1.96 bits per heavy atom. The Kier molecular flexibility index (Phi) is 5.74. The zero-order valence-electron chi connectivity index (χ0n) is 13.5. The van der Waals surface area contributed by atoms with Crippen LogP contribution in [0.25, 0.3) is 0 Å². The van der Waals surface area contributed by atoms with Gasteiger partial charge in [-0.25, -0.2) is 0 Å². The van der Waals surface area contributed by atoms with Crippen molar-refractivity contribution >= 4 is 11.6 Å². The van der Waals surface area contributed by atoms with E-state index in [9.17, 15) is 10.2 Å². The number of hydrogen-bond donors (Lipinski definition) is 3. The highest BCUT2D eigenvalue weighted by atomic mass is 35.5. The normalized spacial score (nSPS) is 21.2. The first-order valence-corrected chi connectivity index (χ1v) is 8.64. The summed E-state index contributed by atoms with van der Waals surface area (Å²) in [6.45, 7) is 2.85. The van der Waals surface area contributed by atoms with Crippen LogP contribution in [0.15, 0.2) is 48.5 Å². The molecule has 0 radical (unpaired) electrons. The topological polar surface area (TPSA) is 55.7 Å². The molecule has 0 aliphatic carbocycles. The van der Waals surface area contributed by atoms with Gasteiger partial charge in [0.25, 0.3) is 0 Å². The number of rotatable bonds is 6. The van der Waals surface area contributed by atoms with Crippen LogP contribution in [0.3, 0.4) is 0 Å². The number of nitrogens with zero attached hydrogens (tertiary/aromatic N) is 1. The van der Waals surface area contributed by atoms with Crippen LogP contribution in [0.2, 0.25) is 5.02 Å². The summed E-state index contributed by atoms with van der Waals surface area (Å²) in [7, 11) is 0. The summed E-state index contributed by atoms with van der Waals surface area (Å²) in [6.07, 6.45) is 0.488. The van der Waals surface area contributed by atoms with Crippen molar-refractivity contribution < 1.29 is 10.2 Å². The number of benzene rings is 2. The fraction of sp³-hybridized carbons (Fsp3) is 0.368. The van der Waals surface area contributed by atoms with Crippen molar-refractivity contribution in [1.82, 2.24) is 10.2 Å². The SMILES string of the molecule is Oc1ccc(Cl)cc1CNCC1CC(O)CN1Cc1ccccc1. The summed E-state index contributed by atoms with van der Waals surface area (Å²) in [5.41, 5.74) is 2.04. The van der Waals surface area contributed by atoms with Gasteiger partial charge in [-0.1, -0.05) is 41.9 Å². The maximum absolute atomic E-state index is 10.0. The molecule has 24 heavy (non-hydrogen) atoms. The molecule has 2 atom stereocenters. The number of likely N-dealkylation sites (tertiary alicyclic amines) is 1. The van der Waals surface area contributed by atoms with Crippen LogP contribution in [0.5, 0.6) is 5.75 Å². The molecular weight excluding hydrogens is 324 g/mol. The number of aliphatic hydroxyl groups is 1. The largest absolute Gasteiger partial charge is 0.508 e. The molecule has 1 heterocycles. The molecule has 0 aromatic heterocycles. The van der Waals surface area contributed by atoms with Crippen LogP contribution in [-0.4, -0.2) is 40.3 Å². The van der Waals surface area contributed by atoms with Gasteiger partial charge in [0.15, 0.2) is 0 Å². The molecule has 3 N–H and O–H groups in total. The zero-order valence-corrected chi connectivity index (χ0v) is 14.3. The third kappa shape index (κ3) is 4.48. The van der Waals surface area contributed by atoms with Crippen LogP contribution < -0.4 is 5.32 Å². The van der Waals surface area contributed by atoms with Crippen LogP contribution in [0.4, 0.5) is 0 Å². The van der Waals surface area contributed by atoms with E-state index in [2.05, 4.69) is 22.3 Å². The van der Waals surface area contributed by atoms with Crippen molar-refractivity contribution in [3.63, 3.8) is 0 Å². The lowest BCUT2D eigenvalue weighted by Crippen LogP contribution is -2.37. The second-order valence-corrected chi connectivity index (χ2v) is 6.80. The van der Waals surface area contributed by atoms with E-state index in [1.807, 2.05) is 18.2 Å². The number of phenols is 1. The van der Waals surface area contributed by atoms with Gasteiger partial charge in [-0.15, -0.1) is 0 Å². The zero-order chi connectivity index (χ0) is 16.9. The number of aromatic hydroxyl groups is 1. The van der Waals surface area contributed by atoms with E-state index in [1.165, 1.54) is 5.56 Å². The number of hydrogen-bond acceptors (Lipinski definition) is 4. The highest BCUT2D eigenvalue weighted by Gasteiger charge is 2.30. The number of β-amino-alcohol motifs (C(OH)–C–C–N with tert-alkyl or cyclic N) is 1. The molecule has 1 fully saturated rings. The number of nitrogens with one attached hydrogen (secondary N) is 1. The Morgan fingerprint density at radius 1 is 1.17 bits per heavy atom. The van der Waals surface area contributed by atoms with Crippen molar-refractivity contribution in [2.24, 2.45) is 0 Å². The van der Waals surface area contributed by atoms with Gasteiger partial charge in [-0.3, -0.25) is 4.90 Å². The van der Waals surface area contributed by atoms with Gasteiger partial charge in [0.05, 0.1) is 6.10 Å². The molecule has 1 saturated heterocycles. The maximum atomic E-state index is 10.0. The van der Waals surface area contributed by atoms with E-state index in [1.54, 1.807) is 18.2 Å². The summed E-state index contributed by atoms with van der Waals surface area (Å²) >= 11 is 5.98. The molecule has 2 unspecified atom stereocenters. The molecule has 2 aromatic rings. The van der Waals surface area contributed by atoms with Gasteiger partial charge in [-0.2, -0.15) is 0 Å². The third-order valence-corrected chi connectivity index (χ3v) is 4.71. The van der Waals surface area contributed by atoms with E-state index in [0.717, 1.165) is 25.1 Å². The number of halogens is 1. The Hall–Kier alpha value is -1.59. The van der Waals surface area contributed by atoms with E-state index in [4.69, 9.17) is 11.6 Å². The predicted molar refractivity (Wildman–Crippen MR) is 96.1 cm³/mol. The average Bonchev–Trinajstić information content (AvgIpc) is 2.91. The molecule has 0 saturated carbocycles. The van der Waals surface area contributed by atoms with Gasteiger partial charge in [0, 0.05) is 42.8 Å². The lowest BCUT2D eigenvalue weighted by molar-refractivity contribution is 0.172. The molecule has 1 aliphatic rings. The van der Waals surface area contributed by atoms with Crippen molar-refractivity contribution in [3.05, 3.63) is 64.7 Å². The average molecular weight is 347 g/mol. The number of aliphatic hydroxyl groups excluding tert-OH is 1. The predicted octanol–water partition coefficient (Wildman–Crippen LogP) is 2.77. The smallest absolute Gasteiger partial charge is 0.120 e. The lowest BCUT2D eigenvalue weighted by Gasteiger charge is -2.24. The van der Waals surface area contributed by atoms with Crippen LogP contribution in [-0.2, 0) is 13.1 Å². The van der Waals surface area contributed by atoms with Crippen LogP contribution in [0.1, 0.15) is 17.5 Å². The molecule has 4 nitrogen and oxygen atoms in total. The van der Waals surface area contributed by atoms with E-state index in [-0.39, 0.29) is 17.9 Å². The Bertz CT molecular complexity index is 666. The summed E-state index contributed by atoms with van der Waals surface area (Å²) in [6, 6.07) is 15.7. The van der Waals surface area contributed by atoms with Gasteiger partial charge < -0.3 is 15.5 Å². The summed E-state index contributed by atoms with van der Waals surface area (Å²) in [5, 5.41) is 23.9. The van der Waals surface area contributed by atoms with Crippen molar-refractivity contribution in [2.45, 2.75) is 31.7 Å². The van der Waals surface area contributed by atoms with E-state index in [0.29, 0.717) is 18.1 Å². The van der Waals surface area contributed by atoms with Gasteiger partial charge in [0.2, 0.25) is 0 Å². The minimum absolute atomic E-state index is 0.250. The second kappa shape index (κ2) is 7.99. The highest BCUT2D eigenvalue weighted by Crippen LogP contribution is 2.22. The monoisotopic (exact) mass is 346 g/mol. The van der Waals surface area contributed by atoms with E-state index >= 15 is 0 Å². The minimum atomic E-state index is -0.278. The van der Waals surface area contributed by atoms with Crippen molar-refractivity contribution in [2.75, 3.05) is 13.1 Å². The van der Waals surface area contributed by atoms with E-state index < -0.39 is 0 Å². The Morgan fingerprint density at radius 3 is 2.75 bits per heavy atom. The van der Waals surface area contributed by atoms with Crippen LogP contribution >= 0.6 is 11.6 Å². The Balaban J connectivity index is 1.56. The first kappa shape index (κ1) is 17.2. The highest BCUT2D eigenvalue weighted by molar-refractivity contribution is 6.30. The molecule has 5 heteroatoms. The summed E-state index contributed by atoms with van der Waals surface area (Å²) in [5.74, 6) is 0.250. The fourth-order valence-electron chi connectivity index (χ4n) is 3.25. The van der Waals surface area contributed by atoms with Gasteiger partial charge >= 0.3 is 0 Å². The van der Waals surface area contributed by atoms with Crippen molar-refractivity contribution in [3.8, 4) is 5.75 Å².